The van der Waals surface area contributed by atoms with Gasteiger partial charge in [-0.3, -0.25) is 9.59 Å². The second kappa shape index (κ2) is 5.80. The molecule has 1 heterocycles. The molecule has 0 bridgehead atoms. The molecular weight excluding hydrogens is 232 g/mol. The molecule has 0 aromatic carbocycles. The fraction of sp³-hybridized carbons (Fsp3) is 0.615. The first-order chi connectivity index (χ1) is 8.66. The van der Waals surface area contributed by atoms with Crippen LogP contribution < -0.4 is 5.56 Å². The number of hydrogen-bond acceptors (Lipinski definition) is 4. The molecule has 18 heavy (non-hydrogen) atoms. The Balaban J connectivity index is 1.91. The van der Waals surface area contributed by atoms with Gasteiger partial charge in [0.25, 0.3) is 5.56 Å². The summed E-state index contributed by atoms with van der Waals surface area (Å²) in [6.45, 7) is 2.03. The molecule has 0 N–H and O–H groups in total. The van der Waals surface area contributed by atoms with Crippen molar-refractivity contribution in [2.75, 3.05) is 0 Å². The zero-order valence-corrected chi connectivity index (χ0v) is 10.5. The van der Waals surface area contributed by atoms with E-state index in [2.05, 4.69) is 5.10 Å². The summed E-state index contributed by atoms with van der Waals surface area (Å²) in [5, 5.41) is 3.93. The predicted octanol–water partition coefficient (Wildman–Crippen LogP) is 1.37. The van der Waals surface area contributed by atoms with Crippen LogP contribution in [0.2, 0.25) is 0 Å². The lowest BCUT2D eigenvalue weighted by Crippen LogP contribution is -2.30. The van der Waals surface area contributed by atoms with Crippen molar-refractivity contribution in [2.45, 2.75) is 45.3 Å². The van der Waals surface area contributed by atoms with Crippen molar-refractivity contribution >= 4 is 5.97 Å². The van der Waals surface area contributed by atoms with Crippen molar-refractivity contribution in [3.8, 4) is 0 Å². The highest BCUT2D eigenvalue weighted by atomic mass is 16.5. The summed E-state index contributed by atoms with van der Waals surface area (Å²) in [7, 11) is 0. The summed E-state index contributed by atoms with van der Waals surface area (Å²) in [6, 6.07) is 3.02. The molecule has 98 valence electrons. The number of esters is 1. The van der Waals surface area contributed by atoms with Crippen molar-refractivity contribution in [3.05, 3.63) is 28.7 Å². The van der Waals surface area contributed by atoms with Crippen LogP contribution in [0.15, 0.2) is 23.1 Å². The van der Waals surface area contributed by atoms with Crippen LogP contribution in [0.1, 0.15) is 32.6 Å². The van der Waals surface area contributed by atoms with E-state index in [1.165, 1.54) is 16.9 Å². The van der Waals surface area contributed by atoms with Gasteiger partial charge in [-0.05, 0) is 31.7 Å². The highest BCUT2D eigenvalue weighted by molar-refractivity contribution is 5.72. The van der Waals surface area contributed by atoms with Crippen LogP contribution in [0.25, 0.3) is 0 Å². The Morgan fingerprint density at radius 1 is 1.56 bits per heavy atom. The van der Waals surface area contributed by atoms with Crippen LogP contribution >= 0.6 is 0 Å². The topological polar surface area (TPSA) is 61.2 Å². The van der Waals surface area contributed by atoms with Crippen molar-refractivity contribution in [1.82, 2.24) is 9.78 Å². The van der Waals surface area contributed by atoms with Crippen LogP contribution in [0.3, 0.4) is 0 Å². The summed E-state index contributed by atoms with van der Waals surface area (Å²) in [6.07, 6.45) is 5.79. The maximum absolute atomic E-state index is 11.8. The third kappa shape index (κ3) is 3.18. The highest BCUT2D eigenvalue weighted by Crippen LogP contribution is 2.22. The minimum absolute atomic E-state index is 0.0698. The second-order valence-corrected chi connectivity index (χ2v) is 4.79. The largest absolute Gasteiger partial charge is 0.462 e. The summed E-state index contributed by atoms with van der Waals surface area (Å²) in [4.78, 5) is 23.3. The van der Waals surface area contributed by atoms with E-state index in [9.17, 15) is 9.59 Å². The molecule has 1 aliphatic rings. The molecule has 1 aliphatic carbocycles. The molecule has 0 amide bonds. The van der Waals surface area contributed by atoms with Gasteiger partial charge in [0.2, 0.25) is 0 Å². The van der Waals surface area contributed by atoms with Gasteiger partial charge in [-0.25, -0.2) is 4.68 Å². The lowest BCUT2D eigenvalue weighted by molar-refractivity contribution is -0.153. The zero-order chi connectivity index (χ0) is 13.0. The standard InChI is InChI=1S/C13H18N2O3/c1-10(9-15-12(16)7-4-8-14-15)13(17)18-11-5-2-3-6-11/h4,7-8,10-11H,2-3,5-6,9H2,1H3. The maximum atomic E-state index is 11.8. The Hall–Kier alpha value is -1.65. The minimum atomic E-state index is -0.349. The number of rotatable bonds is 4. The minimum Gasteiger partial charge on any atom is -0.462 e. The number of carbonyl (C=O) groups is 1. The van der Waals surface area contributed by atoms with E-state index in [1.807, 2.05) is 0 Å². The highest BCUT2D eigenvalue weighted by Gasteiger charge is 2.23. The Morgan fingerprint density at radius 2 is 2.28 bits per heavy atom. The Labute approximate surface area is 106 Å². The average molecular weight is 250 g/mol. The Bertz CT molecular complexity index is 463. The predicted molar refractivity (Wildman–Crippen MR) is 66.0 cm³/mol. The van der Waals surface area contributed by atoms with E-state index in [1.54, 1.807) is 13.0 Å². The Kier molecular flexibility index (Phi) is 4.12. The quantitative estimate of drug-likeness (QED) is 0.757. The van der Waals surface area contributed by atoms with Gasteiger partial charge >= 0.3 is 5.97 Å². The van der Waals surface area contributed by atoms with E-state index in [-0.39, 0.29) is 30.1 Å². The number of nitrogens with zero attached hydrogens (tertiary/aromatic N) is 2. The second-order valence-electron chi connectivity index (χ2n) is 4.79. The molecule has 0 saturated heterocycles. The van der Waals surface area contributed by atoms with Crippen LogP contribution in [0, 0.1) is 5.92 Å². The SMILES string of the molecule is CC(Cn1ncccc1=O)C(=O)OC1CCCC1. The van der Waals surface area contributed by atoms with E-state index >= 15 is 0 Å². The first-order valence-corrected chi connectivity index (χ1v) is 6.39. The molecule has 1 fully saturated rings. The fourth-order valence-corrected chi connectivity index (χ4v) is 2.14. The molecule has 1 unspecified atom stereocenters. The zero-order valence-electron chi connectivity index (χ0n) is 10.5. The molecule has 1 atom stereocenters. The molecule has 1 saturated carbocycles. The van der Waals surface area contributed by atoms with Gasteiger partial charge in [0, 0.05) is 12.3 Å². The van der Waals surface area contributed by atoms with E-state index in [0.717, 1.165) is 25.7 Å². The Morgan fingerprint density at radius 3 is 2.94 bits per heavy atom. The van der Waals surface area contributed by atoms with Gasteiger partial charge in [-0.2, -0.15) is 5.10 Å². The molecule has 2 rings (SSSR count). The monoisotopic (exact) mass is 250 g/mol. The molecule has 5 nitrogen and oxygen atoms in total. The van der Waals surface area contributed by atoms with Gasteiger partial charge in [-0.1, -0.05) is 6.92 Å². The van der Waals surface area contributed by atoms with Crippen molar-refractivity contribution in [3.63, 3.8) is 0 Å². The third-order valence-corrected chi connectivity index (χ3v) is 3.22. The number of ether oxygens (including phenoxy) is 1. The summed E-state index contributed by atoms with van der Waals surface area (Å²) < 4.78 is 6.70. The van der Waals surface area contributed by atoms with Crippen molar-refractivity contribution < 1.29 is 9.53 Å². The molecule has 0 aliphatic heterocycles. The average Bonchev–Trinajstić information content (AvgIpc) is 2.84. The van der Waals surface area contributed by atoms with Gasteiger partial charge in [-0.15, -0.1) is 0 Å². The lowest BCUT2D eigenvalue weighted by Gasteiger charge is -2.16. The molecule has 0 radical (unpaired) electrons. The normalized spacial score (nSPS) is 17.6. The van der Waals surface area contributed by atoms with Crippen LogP contribution in [-0.4, -0.2) is 21.9 Å². The smallest absolute Gasteiger partial charge is 0.310 e. The fourth-order valence-electron chi connectivity index (χ4n) is 2.14. The van der Waals surface area contributed by atoms with Gasteiger partial charge in [0.1, 0.15) is 6.10 Å². The van der Waals surface area contributed by atoms with Gasteiger partial charge in [0.05, 0.1) is 12.5 Å². The first kappa shape index (κ1) is 12.8. The van der Waals surface area contributed by atoms with Crippen LogP contribution in [0.4, 0.5) is 0 Å². The lowest BCUT2D eigenvalue weighted by atomic mass is 10.2. The molecule has 5 heteroatoms. The molecule has 0 spiro atoms. The van der Waals surface area contributed by atoms with E-state index in [4.69, 9.17) is 4.74 Å². The first-order valence-electron chi connectivity index (χ1n) is 6.39. The van der Waals surface area contributed by atoms with Gasteiger partial charge < -0.3 is 4.74 Å². The number of hydrogen-bond donors (Lipinski definition) is 0. The molecule has 1 aromatic heterocycles. The van der Waals surface area contributed by atoms with E-state index < -0.39 is 0 Å². The van der Waals surface area contributed by atoms with Crippen molar-refractivity contribution in [2.24, 2.45) is 5.92 Å². The summed E-state index contributed by atoms with van der Waals surface area (Å²) >= 11 is 0. The molecule has 1 aromatic rings. The molecular formula is C13H18N2O3. The van der Waals surface area contributed by atoms with Crippen LogP contribution in [-0.2, 0) is 16.1 Å². The van der Waals surface area contributed by atoms with Gasteiger partial charge in [0.15, 0.2) is 0 Å². The maximum Gasteiger partial charge on any atom is 0.310 e. The van der Waals surface area contributed by atoms with Crippen LogP contribution in [0.5, 0.6) is 0 Å². The number of carbonyl (C=O) groups excluding carboxylic acids is 1. The third-order valence-electron chi connectivity index (χ3n) is 3.22. The van der Waals surface area contributed by atoms with Crippen molar-refractivity contribution in [1.29, 1.82) is 0 Å². The number of aromatic nitrogens is 2. The summed E-state index contributed by atoms with van der Waals surface area (Å²) in [5.74, 6) is -0.586. The van der Waals surface area contributed by atoms with E-state index in [0.29, 0.717) is 0 Å². The summed E-state index contributed by atoms with van der Waals surface area (Å²) in [5.41, 5.74) is -0.196.